The van der Waals surface area contributed by atoms with E-state index in [4.69, 9.17) is 0 Å². The summed E-state index contributed by atoms with van der Waals surface area (Å²) in [4.78, 5) is 17.2. The SMILES string of the molecule is CCN(C(=O)Cc1c[nH]c2cccc(F)c12)C1CCS(=O)(=O)C1. The van der Waals surface area contributed by atoms with Crippen LogP contribution in [0.4, 0.5) is 4.39 Å². The summed E-state index contributed by atoms with van der Waals surface area (Å²) in [7, 11) is -3.05. The van der Waals surface area contributed by atoms with Gasteiger partial charge in [-0.2, -0.15) is 0 Å². The fourth-order valence-electron chi connectivity index (χ4n) is 3.27. The first-order valence-electron chi connectivity index (χ1n) is 7.65. The molecule has 0 aliphatic carbocycles. The molecule has 1 saturated heterocycles. The Morgan fingerprint density at radius 2 is 2.22 bits per heavy atom. The van der Waals surface area contributed by atoms with Gasteiger partial charge in [-0.25, -0.2) is 12.8 Å². The van der Waals surface area contributed by atoms with Crippen molar-refractivity contribution in [2.75, 3.05) is 18.1 Å². The molecular weight excluding hydrogens is 319 g/mol. The van der Waals surface area contributed by atoms with Gasteiger partial charge in [-0.05, 0) is 31.0 Å². The van der Waals surface area contributed by atoms with E-state index in [1.807, 2.05) is 6.92 Å². The molecule has 0 radical (unpaired) electrons. The number of fused-ring (bicyclic) bond motifs is 1. The first-order valence-corrected chi connectivity index (χ1v) is 9.48. The van der Waals surface area contributed by atoms with Gasteiger partial charge in [0.2, 0.25) is 5.91 Å². The Balaban J connectivity index is 1.82. The summed E-state index contributed by atoms with van der Waals surface area (Å²) in [5.41, 5.74) is 1.25. The van der Waals surface area contributed by atoms with Crippen LogP contribution in [0.5, 0.6) is 0 Å². The molecule has 3 rings (SSSR count). The summed E-state index contributed by atoms with van der Waals surface area (Å²) < 4.78 is 37.2. The molecule has 5 nitrogen and oxygen atoms in total. The molecule has 1 aliphatic rings. The lowest BCUT2D eigenvalue weighted by atomic mass is 10.1. The maximum absolute atomic E-state index is 14.0. The van der Waals surface area contributed by atoms with E-state index >= 15 is 0 Å². The molecule has 0 saturated carbocycles. The first kappa shape index (κ1) is 16.0. The van der Waals surface area contributed by atoms with E-state index in [0.29, 0.717) is 29.4 Å². The van der Waals surface area contributed by atoms with Crippen molar-refractivity contribution in [2.24, 2.45) is 0 Å². The number of nitrogens with one attached hydrogen (secondary N) is 1. The monoisotopic (exact) mass is 338 g/mol. The quantitative estimate of drug-likeness (QED) is 0.925. The number of amides is 1. The maximum Gasteiger partial charge on any atom is 0.227 e. The third-order valence-corrected chi connectivity index (χ3v) is 6.14. The summed E-state index contributed by atoms with van der Waals surface area (Å²) in [6.45, 7) is 2.28. The highest BCUT2D eigenvalue weighted by atomic mass is 32.2. The van der Waals surface area contributed by atoms with Crippen molar-refractivity contribution >= 4 is 26.6 Å². The summed E-state index contributed by atoms with van der Waals surface area (Å²) in [6.07, 6.45) is 2.18. The number of rotatable bonds is 4. The van der Waals surface area contributed by atoms with Gasteiger partial charge in [0.1, 0.15) is 5.82 Å². The number of aromatic nitrogens is 1. The largest absolute Gasteiger partial charge is 0.361 e. The van der Waals surface area contributed by atoms with Crippen molar-refractivity contribution < 1.29 is 17.6 Å². The molecule has 1 unspecified atom stereocenters. The standard InChI is InChI=1S/C16H19FN2O3S/c1-2-19(12-6-7-23(21,22)10-12)15(20)8-11-9-18-14-5-3-4-13(17)16(11)14/h3-5,9,12,18H,2,6-8,10H2,1H3. The van der Waals surface area contributed by atoms with Gasteiger partial charge in [0.05, 0.1) is 17.9 Å². The lowest BCUT2D eigenvalue weighted by molar-refractivity contribution is -0.132. The van der Waals surface area contributed by atoms with Crippen LogP contribution in [-0.4, -0.2) is 48.3 Å². The number of halogens is 1. The minimum atomic E-state index is -3.05. The van der Waals surface area contributed by atoms with Gasteiger partial charge in [-0.1, -0.05) is 6.07 Å². The van der Waals surface area contributed by atoms with Crippen LogP contribution in [0.15, 0.2) is 24.4 Å². The second kappa shape index (κ2) is 5.96. The third-order valence-electron chi connectivity index (χ3n) is 4.39. The van der Waals surface area contributed by atoms with E-state index in [1.54, 1.807) is 23.2 Å². The Hall–Kier alpha value is -1.89. The zero-order valence-corrected chi connectivity index (χ0v) is 13.7. The lowest BCUT2D eigenvalue weighted by Gasteiger charge is -2.26. The number of carbonyl (C=O) groups is 1. The highest BCUT2D eigenvalue weighted by Crippen LogP contribution is 2.24. The molecule has 1 aromatic carbocycles. The van der Waals surface area contributed by atoms with Crippen LogP contribution in [0, 0.1) is 5.82 Å². The highest BCUT2D eigenvalue weighted by molar-refractivity contribution is 7.91. The first-order chi connectivity index (χ1) is 10.9. The number of hydrogen-bond acceptors (Lipinski definition) is 3. The fourth-order valence-corrected chi connectivity index (χ4v) is 5.00. The Bertz CT molecular complexity index is 844. The zero-order chi connectivity index (χ0) is 16.6. The molecule has 2 heterocycles. The molecule has 0 spiro atoms. The van der Waals surface area contributed by atoms with E-state index in [9.17, 15) is 17.6 Å². The van der Waals surface area contributed by atoms with Crippen molar-refractivity contribution in [2.45, 2.75) is 25.8 Å². The average molecular weight is 338 g/mol. The number of likely N-dealkylation sites (N-methyl/N-ethyl adjacent to an activating group) is 1. The van der Waals surface area contributed by atoms with Gasteiger partial charge >= 0.3 is 0 Å². The molecule has 0 bridgehead atoms. The second-order valence-electron chi connectivity index (χ2n) is 5.89. The predicted molar refractivity (Wildman–Crippen MR) is 86.4 cm³/mol. The van der Waals surface area contributed by atoms with E-state index in [-0.39, 0.29) is 35.7 Å². The zero-order valence-electron chi connectivity index (χ0n) is 12.9. The molecule has 1 aromatic heterocycles. The smallest absolute Gasteiger partial charge is 0.227 e. The van der Waals surface area contributed by atoms with Gasteiger partial charge < -0.3 is 9.88 Å². The summed E-state index contributed by atoms with van der Waals surface area (Å²) >= 11 is 0. The van der Waals surface area contributed by atoms with E-state index in [1.165, 1.54) is 6.07 Å². The normalized spacial score (nSPS) is 20.0. The number of hydrogen-bond donors (Lipinski definition) is 1. The number of aromatic amines is 1. The van der Waals surface area contributed by atoms with Gasteiger partial charge in [0.15, 0.2) is 9.84 Å². The summed E-state index contributed by atoms with van der Waals surface area (Å²) in [6, 6.07) is 4.47. The molecule has 1 fully saturated rings. The molecule has 124 valence electrons. The van der Waals surface area contributed by atoms with E-state index < -0.39 is 9.84 Å². The van der Waals surface area contributed by atoms with E-state index in [0.717, 1.165) is 0 Å². The van der Waals surface area contributed by atoms with Crippen LogP contribution in [0.2, 0.25) is 0 Å². The molecule has 1 aliphatic heterocycles. The Morgan fingerprint density at radius 3 is 2.87 bits per heavy atom. The summed E-state index contributed by atoms with van der Waals surface area (Å²) in [5.74, 6) is -0.380. The van der Waals surface area contributed by atoms with Crippen LogP contribution < -0.4 is 0 Å². The van der Waals surface area contributed by atoms with E-state index in [2.05, 4.69) is 4.98 Å². The topological polar surface area (TPSA) is 70.2 Å². The second-order valence-corrected chi connectivity index (χ2v) is 8.12. The fraction of sp³-hybridized carbons (Fsp3) is 0.438. The third kappa shape index (κ3) is 3.10. The molecular formula is C16H19FN2O3S. The number of H-pyrrole nitrogens is 1. The molecule has 1 amide bonds. The van der Waals surface area contributed by atoms with Crippen molar-refractivity contribution in [3.8, 4) is 0 Å². The molecule has 1 N–H and O–H groups in total. The Labute approximate surface area is 134 Å². The number of nitrogens with zero attached hydrogens (tertiary/aromatic N) is 1. The summed E-state index contributed by atoms with van der Waals surface area (Å²) in [5, 5.41) is 0.427. The van der Waals surface area contributed by atoms with Crippen LogP contribution in [0.1, 0.15) is 18.9 Å². The van der Waals surface area contributed by atoms with Crippen molar-refractivity contribution in [1.29, 1.82) is 0 Å². The van der Waals surface area contributed by atoms with Gasteiger partial charge in [-0.3, -0.25) is 4.79 Å². The van der Waals surface area contributed by atoms with Crippen LogP contribution in [0.3, 0.4) is 0 Å². The lowest BCUT2D eigenvalue weighted by Crippen LogP contribution is -2.41. The van der Waals surface area contributed by atoms with Crippen LogP contribution >= 0.6 is 0 Å². The highest BCUT2D eigenvalue weighted by Gasteiger charge is 2.34. The number of benzene rings is 1. The number of sulfone groups is 1. The van der Waals surface area contributed by atoms with Crippen LogP contribution in [0.25, 0.3) is 10.9 Å². The predicted octanol–water partition coefficient (Wildman–Crippen LogP) is 1.89. The minimum Gasteiger partial charge on any atom is -0.361 e. The van der Waals surface area contributed by atoms with Crippen molar-refractivity contribution in [3.63, 3.8) is 0 Å². The minimum absolute atomic E-state index is 0.0226. The Kier molecular flexibility index (Phi) is 4.14. The molecule has 7 heteroatoms. The van der Waals surface area contributed by atoms with Crippen molar-refractivity contribution in [3.05, 3.63) is 35.8 Å². The van der Waals surface area contributed by atoms with Crippen LogP contribution in [-0.2, 0) is 21.1 Å². The Morgan fingerprint density at radius 1 is 1.43 bits per heavy atom. The van der Waals surface area contributed by atoms with Gasteiger partial charge in [0.25, 0.3) is 0 Å². The average Bonchev–Trinajstić information content (AvgIpc) is 3.05. The molecule has 1 atom stereocenters. The maximum atomic E-state index is 14.0. The molecule has 2 aromatic rings. The van der Waals surface area contributed by atoms with Crippen molar-refractivity contribution in [1.82, 2.24) is 9.88 Å². The molecule has 23 heavy (non-hydrogen) atoms. The van der Waals surface area contributed by atoms with Gasteiger partial charge in [-0.15, -0.1) is 0 Å². The number of carbonyl (C=O) groups excluding carboxylic acids is 1. The van der Waals surface area contributed by atoms with Gasteiger partial charge in [0, 0.05) is 29.7 Å².